The molecule has 2 N–H and O–H groups in total. The Kier molecular flexibility index (Phi) is 6.28. The van der Waals surface area contributed by atoms with E-state index in [1.54, 1.807) is 0 Å². The minimum Gasteiger partial charge on any atom is -0.459 e. The van der Waals surface area contributed by atoms with Crippen LogP contribution in [0.2, 0.25) is 0 Å². The highest BCUT2D eigenvalue weighted by molar-refractivity contribution is 5.92. The average molecular weight is 444 g/mol. The number of rotatable bonds is 8. The van der Waals surface area contributed by atoms with Gasteiger partial charge in [0.2, 0.25) is 13.1 Å². The van der Waals surface area contributed by atoms with Crippen LogP contribution in [0.15, 0.2) is 30.0 Å². The second kappa shape index (κ2) is 9.32. The molecule has 5 rings (SSSR count). The predicted octanol–water partition coefficient (Wildman–Crippen LogP) is 3.47. The molecule has 32 heavy (non-hydrogen) atoms. The number of hydrogen-bond donors (Lipinski definition) is 2. The zero-order valence-electron chi connectivity index (χ0n) is 18.6. The zero-order chi connectivity index (χ0) is 22.1. The quantitative estimate of drug-likeness (QED) is 0.640. The first-order valence-electron chi connectivity index (χ1n) is 12.0. The van der Waals surface area contributed by atoms with E-state index in [-0.39, 0.29) is 37.2 Å². The predicted molar refractivity (Wildman–Crippen MR) is 117 cm³/mol. The van der Waals surface area contributed by atoms with Crippen LogP contribution < -0.4 is 14.8 Å². The maximum atomic E-state index is 13.2. The molecule has 0 spiro atoms. The van der Waals surface area contributed by atoms with E-state index < -0.39 is 6.29 Å². The summed E-state index contributed by atoms with van der Waals surface area (Å²) >= 11 is 0. The van der Waals surface area contributed by atoms with Gasteiger partial charge in [-0.15, -0.1) is 0 Å². The Morgan fingerprint density at radius 2 is 2.09 bits per heavy atom. The van der Waals surface area contributed by atoms with Gasteiger partial charge in [0.15, 0.2) is 17.3 Å². The Balaban J connectivity index is 1.42. The first-order valence-corrected chi connectivity index (χ1v) is 12.0. The number of fused-ring (bicyclic) bond motifs is 3. The molecule has 7 heteroatoms. The molecule has 1 aromatic carbocycles. The van der Waals surface area contributed by atoms with E-state index in [9.17, 15) is 9.90 Å². The van der Waals surface area contributed by atoms with Crippen molar-refractivity contribution in [1.82, 2.24) is 5.32 Å². The van der Waals surface area contributed by atoms with Crippen molar-refractivity contribution in [3.63, 3.8) is 0 Å². The van der Waals surface area contributed by atoms with Gasteiger partial charge < -0.3 is 29.4 Å². The number of aliphatic hydroxyl groups excluding tert-OH is 1. The van der Waals surface area contributed by atoms with Crippen LogP contribution in [0.25, 0.3) is 0 Å². The number of aliphatic hydroxyl groups is 1. The molecule has 2 aliphatic carbocycles. The largest absolute Gasteiger partial charge is 0.459 e. The Bertz CT molecular complexity index is 870. The van der Waals surface area contributed by atoms with Crippen LogP contribution in [0.5, 0.6) is 11.5 Å². The van der Waals surface area contributed by atoms with Crippen LogP contribution in [-0.4, -0.2) is 43.4 Å². The lowest BCUT2D eigenvalue weighted by atomic mass is 9.80. The SMILES string of the molecule is CCO[C@H]1OC(C(=O)NC2CC3CCC2C3)=C[C@@H](c2ccc3c(c2)OCO3)[C@@H]1CCCO. The summed E-state index contributed by atoms with van der Waals surface area (Å²) in [5, 5.41) is 12.7. The van der Waals surface area contributed by atoms with Crippen molar-refractivity contribution in [1.29, 1.82) is 0 Å². The Labute approximate surface area is 189 Å². The van der Waals surface area contributed by atoms with Crippen molar-refractivity contribution in [2.75, 3.05) is 20.0 Å². The number of carbonyl (C=O) groups excluding carboxylic acids is 1. The normalized spacial score (nSPS) is 32.5. The van der Waals surface area contributed by atoms with E-state index in [1.807, 2.05) is 31.2 Å². The van der Waals surface area contributed by atoms with Gasteiger partial charge in [-0.3, -0.25) is 4.79 Å². The van der Waals surface area contributed by atoms with Gasteiger partial charge in [-0.2, -0.15) is 0 Å². The van der Waals surface area contributed by atoms with E-state index >= 15 is 0 Å². The van der Waals surface area contributed by atoms with E-state index in [1.165, 1.54) is 19.3 Å². The van der Waals surface area contributed by atoms with Gasteiger partial charge in [-0.1, -0.05) is 12.5 Å². The lowest BCUT2D eigenvalue weighted by Crippen LogP contribution is -2.43. The summed E-state index contributed by atoms with van der Waals surface area (Å²) < 4.78 is 23.1. The number of amides is 1. The summed E-state index contributed by atoms with van der Waals surface area (Å²) in [6.07, 6.45) is 7.54. The molecule has 7 nitrogen and oxygen atoms in total. The Morgan fingerprint density at radius 3 is 2.84 bits per heavy atom. The van der Waals surface area contributed by atoms with Crippen LogP contribution in [0.1, 0.15) is 56.9 Å². The summed E-state index contributed by atoms with van der Waals surface area (Å²) in [5.74, 6) is 2.85. The zero-order valence-corrected chi connectivity index (χ0v) is 18.6. The molecule has 0 saturated heterocycles. The molecule has 4 aliphatic rings. The minimum absolute atomic E-state index is 0.0264. The molecular formula is C25H33NO6. The third kappa shape index (κ3) is 4.20. The highest BCUT2D eigenvalue weighted by Crippen LogP contribution is 2.45. The molecule has 2 heterocycles. The van der Waals surface area contributed by atoms with E-state index in [0.29, 0.717) is 30.5 Å². The fourth-order valence-electron chi connectivity index (χ4n) is 5.93. The highest BCUT2D eigenvalue weighted by Gasteiger charge is 2.42. The Hall–Kier alpha value is -2.25. The van der Waals surface area contributed by atoms with E-state index in [4.69, 9.17) is 18.9 Å². The maximum Gasteiger partial charge on any atom is 0.286 e. The topological polar surface area (TPSA) is 86.3 Å². The van der Waals surface area contributed by atoms with Gasteiger partial charge in [-0.25, -0.2) is 0 Å². The second-order valence-corrected chi connectivity index (χ2v) is 9.40. The van der Waals surface area contributed by atoms with Crippen LogP contribution in [0.4, 0.5) is 0 Å². The molecule has 2 fully saturated rings. The number of carbonyl (C=O) groups is 1. The first kappa shape index (κ1) is 21.6. The van der Waals surface area contributed by atoms with Crippen molar-refractivity contribution in [3.05, 3.63) is 35.6 Å². The lowest BCUT2D eigenvalue weighted by molar-refractivity contribution is -0.167. The fraction of sp³-hybridized carbons (Fsp3) is 0.640. The standard InChI is InChI=1S/C25H33NO6/c1-2-29-25-18(4-3-9-27)19(16-7-8-21-22(12-16)31-14-30-21)13-23(32-25)24(28)26-20-11-15-5-6-17(20)10-15/h7-8,12-13,15,17-20,25,27H,2-6,9-11,14H2,1H3,(H,26,28)/t15?,17?,18-,19-,20?,25-/m0/s1. The monoisotopic (exact) mass is 443 g/mol. The van der Waals surface area contributed by atoms with Gasteiger partial charge in [0.1, 0.15) is 0 Å². The minimum atomic E-state index is -0.548. The molecule has 2 aliphatic heterocycles. The van der Waals surface area contributed by atoms with Crippen LogP contribution in [0, 0.1) is 17.8 Å². The third-order valence-corrected chi connectivity index (χ3v) is 7.47. The van der Waals surface area contributed by atoms with Gasteiger partial charge in [-0.05, 0) is 74.6 Å². The average Bonchev–Trinajstić information content (AvgIpc) is 3.54. The summed E-state index contributed by atoms with van der Waals surface area (Å²) in [4.78, 5) is 13.2. The summed E-state index contributed by atoms with van der Waals surface area (Å²) in [7, 11) is 0. The summed E-state index contributed by atoms with van der Waals surface area (Å²) in [6.45, 7) is 2.73. The molecule has 2 saturated carbocycles. The second-order valence-electron chi connectivity index (χ2n) is 9.40. The number of nitrogens with one attached hydrogen (secondary N) is 1. The van der Waals surface area contributed by atoms with Gasteiger partial charge >= 0.3 is 0 Å². The van der Waals surface area contributed by atoms with Crippen molar-refractivity contribution in [2.24, 2.45) is 17.8 Å². The molecular weight excluding hydrogens is 410 g/mol. The number of benzene rings is 1. The summed E-state index contributed by atoms with van der Waals surface area (Å²) in [5.41, 5.74) is 1.02. The van der Waals surface area contributed by atoms with Crippen LogP contribution >= 0.6 is 0 Å². The van der Waals surface area contributed by atoms with Crippen LogP contribution in [0.3, 0.4) is 0 Å². The van der Waals surface area contributed by atoms with Gasteiger partial charge in [0.05, 0.1) is 0 Å². The summed E-state index contributed by atoms with van der Waals surface area (Å²) in [6, 6.07) is 6.15. The number of allylic oxidation sites excluding steroid dienone is 1. The smallest absolute Gasteiger partial charge is 0.286 e. The Morgan fingerprint density at radius 1 is 1.22 bits per heavy atom. The van der Waals surface area contributed by atoms with Gasteiger partial charge in [0.25, 0.3) is 5.91 Å². The van der Waals surface area contributed by atoms with Gasteiger partial charge in [0, 0.05) is 31.1 Å². The van der Waals surface area contributed by atoms with Crippen molar-refractivity contribution in [2.45, 2.75) is 63.7 Å². The lowest BCUT2D eigenvalue weighted by Gasteiger charge is -2.37. The molecule has 6 atom stereocenters. The molecule has 174 valence electrons. The molecule has 1 aromatic rings. The van der Waals surface area contributed by atoms with Crippen molar-refractivity contribution < 1.29 is 28.8 Å². The molecule has 0 aromatic heterocycles. The maximum absolute atomic E-state index is 13.2. The van der Waals surface area contributed by atoms with E-state index in [0.717, 1.165) is 30.1 Å². The van der Waals surface area contributed by atoms with Crippen molar-refractivity contribution in [3.8, 4) is 11.5 Å². The molecule has 2 bridgehead atoms. The molecule has 1 amide bonds. The molecule has 0 radical (unpaired) electrons. The number of ether oxygens (including phenoxy) is 4. The van der Waals surface area contributed by atoms with Crippen LogP contribution in [-0.2, 0) is 14.3 Å². The van der Waals surface area contributed by atoms with E-state index in [2.05, 4.69) is 5.32 Å². The fourth-order valence-corrected chi connectivity index (χ4v) is 5.93. The van der Waals surface area contributed by atoms with Crippen molar-refractivity contribution >= 4 is 5.91 Å². The third-order valence-electron chi connectivity index (χ3n) is 7.47. The number of hydrogen-bond acceptors (Lipinski definition) is 6. The molecule has 3 unspecified atom stereocenters. The highest BCUT2D eigenvalue weighted by atomic mass is 16.7. The first-order chi connectivity index (χ1) is 15.7.